The summed E-state index contributed by atoms with van der Waals surface area (Å²) in [5.74, 6) is -1.06. The minimum Gasteiger partial charge on any atom is -0.357 e. The van der Waals surface area contributed by atoms with E-state index in [-0.39, 0.29) is 12.4 Å². The van der Waals surface area contributed by atoms with E-state index in [0.29, 0.717) is 5.57 Å². The number of ketones is 1. The van der Waals surface area contributed by atoms with E-state index in [0.717, 1.165) is 22.3 Å². The third-order valence-corrected chi connectivity index (χ3v) is 7.37. The molecule has 4 heteroatoms. The molecule has 190 valence electrons. The van der Waals surface area contributed by atoms with Gasteiger partial charge in [0.2, 0.25) is 5.78 Å². The molecule has 0 N–H and O–H groups in total. The molecule has 4 aromatic carbocycles. The van der Waals surface area contributed by atoms with Crippen LogP contribution in [0.5, 0.6) is 0 Å². The lowest BCUT2D eigenvalue weighted by atomic mass is 9.79. The predicted octanol–water partition coefficient (Wildman–Crippen LogP) is 6.55. The van der Waals surface area contributed by atoms with Crippen LogP contribution in [0.3, 0.4) is 0 Å². The van der Waals surface area contributed by atoms with Gasteiger partial charge in [-0.1, -0.05) is 121 Å². The second-order valence-corrected chi connectivity index (χ2v) is 10.3. The third kappa shape index (κ3) is 4.02. The second-order valence-electron chi connectivity index (χ2n) is 10.3. The maximum absolute atomic E-state index is 14.2. The number of ether oxygens (including phenoxy) is 3. The summed E-state index contributed by atoms with van der Waals surface area (Å²) in [5, 5.41) is 0. The van der Waals surface area contributed by atoms with Crippen molar-refractivity contribution in [2.45, 2.75) is 36.9 Å². The average Bonchev–Trinajstić information content (AvgIpc) is 3.37. The van der Waals surface area contributed by atoms with E-state index in [1.54, 1.807) is 0 Å². The van der Waals surface area contributed by atoms with Crippen molar-refractivity contribution in [1.82, 2.24) is 0 Å². The summed E-state index contributed by atoms with van der Waals surface area (Å²) in [6, 6.07) is 40.1. The van der Waals surface area contributed by atoms with Crippen LogP contribution in [0, 0.1) is 0 Å². The van der Waals surface area contributed by atoms with Gasteiger partial charge < -0.3 is 14.2 Å². The summed E-state index contributed by atoms with van der Waals surface area (Å²) in [5.41, 5.74) is 2.05. The first-order valence-corrected chi connectivity index (χ1v) is 13.0. The molecule has 6 rings (SSSR count). The number of hydrogen-bond donors (Lipinski definition) is 0. The van der Waals surface area contributed by atoms with E-state index in [1.165, 1.54) is 0 Å². The van der Waals surface area contributed by atoms with Crippen LogP contribution in [0.4, 0.5) is 0 Å². The Hall–Kier alpha value is -3.83. The lowest BCUT2D eigenvalue weighted by Gasteiger charge is -2.39. The van der Waals surface area contributed by atoms with Gasteiger partial charge in [0.05, 0.1) is 6.61 Å². The number of carbonyl (C=O) groups is 1. The van der Waals surface area contributed by atoms with Crippen LogP contribution in [0.1, 0.15) is 36.1 Å². The third-order valence-electron chi connectivity index (χ3n) is 7.37. The van der Waals surface area contributed by atoms with Crippen molar-refractivity contribution >= 4 is 11.4 Å². The van der Waals surface area contributed by atoms with Crippen molar-refractivity contribution < 1.29 is 19.0 Å². The van der Waals surface area contributed by atoms with E-state index >= 15 is 0 Å². The molecule has 1 heterocycles. The minimum atomic E-state index is -1.31. The Labute approximate surface area is 223 Å². The Balaban J connectivity index is 1.47. The van der Waals surface area contributed by atoms with Crippen molar-refractivity contribution in [1.29, 1.82) is 0 Å². The van der Waals surface area contributed by atoms with Gasteiger partial charge in [-0.2, -0.15) is 0 Å². The molecule has 4 nitrogen and oxygen atoms in total. The number of Topliss-reactive ketones (excluding diaryl/α,β-unsaturated/α-hetero) is 1. The van der Waals surface area contributed by atoms with Crippen molar-refractivity contribution in [3.63, 3.8) is 0 Å². The topological polar surface area (TPSA) is 44.8 Å². The Kier molecular flexibility index (Phi) is 6.11. The normalized spacial score (nSPS) is 22.2. The zero-order valence-corrected chi connectivity index (χ0v) is 21.5. The lowest BCUT2D eigenvalue weighted by Crippen LogP contribution is -2.50. The molecule has 1 fully saturated rings. The number of hydrogen-bond acceptors (Lipinski definition) is 4. The van der Waals surface area contributed by atoms with Gasteiger partial charge in [-0.25, -0.2) is 0 Å². The average molecular weight is 503 g/mol. The zero-order chi connectivity index (χ0) is 26.2. The summed E-state index contributed by atoms with van der Waals surface area (Å²) in [7, 11) is 0. The first kappa shape index (κ1) is 24.5. The fraction of sp³-hybridized carbons (Fsp3) is 0.206. The Morgan fingerprint density at radius 1 is 0.711 bits per heavy atom. The molecule has 0 aromatic heterocycles. The number of benzene rings is 4. The maximum atomic E-state index is 14.2. The van der Waals surface area contributed by atoms with Crippen LogP contribution < -0.4 is 0 Å². The molecule has 0 spiro atoms. The lowest BCUT2D eigenvalue weighted by molar-refractivity contribution is -0.184. The van der Waals surface area contributed by atoms with Crippen LogP contribution in [0.2, 0.25) is 0 Å². The standard InChI is InChI=1S/C34H30O4/c1-32(2)37-30-23-29(25-15-7-3-8-16-25)31(35)33(30,38-32)24-36-34(26-17-9-4-10-18-26,27-19-11-5-12-20-27)28-21-13-6-14-22-28/h3-23,30H,24H2,1-2H3/t30-,33-/m0/s1. The first-order chi connectivity index (χ1) is 18.4. The minimum absolute atomic E-state index is 0.00540. The molecular formula is C34H30O4. The maximum Gasteiger partial charge on any atom is 0.200 e. The van der Waals surface area contributed by atoms with Crippen LogP contribution in [0.25, 0.3) is 5.57 Å². The summed E-state index contributed by atoms with van der Waals surface area (Å²) in [4.78, 5) is 14.2. The van der Waals surface area contributed by atoms with Crippen LogP contribution in [-0.2, 0) is 24.6 Å². The molecule has 4 aromatic rings. The quantitative estimate of drug-likeness (QED) is 0.269. The van der Waals surface area contributed by atoms with E-state index in [1.807, 2.05) is 105 Å². The van der Waals surface area contributed by atoms with Gasteiger partial charge in [-0.05, 0) is 42.2 Å². The van der Waals surface area contributed by atoms with E-state index in [4.69, 9.17) is 14.2 Å². The largest absolute Gasteiger partial charge is 0.357 e. The van der Waals surface area contributed by atoms with Crippen LogP contribution in [-0.4, -0.2) is 29.9 Å². The van der Waals surface area contributed by atoms with Crippen molar-refractivity contribution in [3.05, 3.63) is 150 Å². The summed E-state index contributed by atoms with van der Waals surface area (Å²) in [6.07, 6.45) is 1.32. The highest BCUT2D eigenvalue weighted by Crippen LogP contribution is 2.49. The van der Waals surface area contributed by atoms with Crippen molar-refractivity contribution in [3.8, 4) is 0 Å². The zero-order valence-electron chi connectivity index (χ0n) is 21.5. The monoisotopic (exact) mass is 502 g/mol. The molecule has 0 amide bonds. The molecule has 2 aliphatic rings. The van der Waals surface area contributed by atoms with Gasteiger partial charge in [0, 0.05) is 5.57 Å². The molecule has 0 saturated carbocycles. The number of carbonyl (C=O) groups excluding carboxylic acids is 1. The summed E-state index contributed by atoms with van der Waals surface area (Å²) < 4.78 is 19.8. The van der Waals surface area contributed by atoms with Gasteiger partial charge in [-0.15, -0.1) is 0 Å². The SMILES string of the molecule is CC1(C)O[C@H]2C=C(c3ccccc3)C(=O)[C@@]2(COC(c2ccccc2)(c2ccccc2)c2ccccc2)O1. The molecule has 1 aliphatic heterocycles. The second kappa shape index (κ2) is 9.48. The molecular weight excluding hydrogens is 472 g/mol. The Bertz CT molecular complexity index is 1350. The van der Waals surface area contributed by atoms with Crippen molar-refractivity contribution in [2.24, 2.45) is 0 Å². The van der Waals surface area contributed by atoms with Crippen molar-refractivity contribution in [2.75, 3.05) is 6.61 Å². The molecule has 38 heavy (non-hydrogen) atoms. The highest BCUT2D eigenvalue weighted by molar-refractivity contribution is 6.27. The molecule has 1 aliphatic carbocycles. The van der Waals surface area contributed by atoms with Gasteiger partial charge in [0.15, 0.2) is 11.4 Å². The molecule has 0 unspecified atom stereocenters. The Morgan fingerprint density at radius 3 is 1.63 bits per heavy atom. The predicted molar refractivity (Wildman–Crippen MR) is 147 cm³/mol. The van der Waals surface area contributed by atoms with Gasteiger partial charge in [-0.3, -0.25) is 4.79 Å². The molecule has 1 saturated heterocycles. The van der Waals surface area contributed by atoms with E-state index < -0.39 is 23.1 Å². The van der Waals surface area contributed by atoms with Crippen LogP contribution in [0.15, 0.2) is 127 Å². The summed E-state index contributed by atoms with van der Waals surface area (Å²) in [6.45, 7) is 3.69. The van der Waals surface area contributed by atoms with Crippen LogP contribution >= 0.6 is 0 Å². The van der Waals surface area contributed by atoms with Gasteiger partial charge >= 0.3 is 0 Å². The van der Waals surface area contributed by atoms with E-state index in [2.05, 4.69) is 36.4 Å². The molecule has 0 radical (unpaired) electrons. The Morgan fingerprint density at radius 2 is 1.16 bits per heavy atom. The first-order valence-electron chi connectivity index (χ1n) is 13.0. The highest BCUT2D eigenvalue weighted by atomic mass is 16.8. The number of fused-ring (bicyclic) bond motifs is 1. The fourth-order valence-corrected chi connectivity index (χ4v) is 5.73. The molecule has 2 atom stereocenters. The van der Waals surface area contributed by atoms with E-state index in [9.17, 15) is 4.79 Å². The highest BCUT2D eigenvalue weighted by Gasteiger charge is 2.62. The smallest absolute Gasteiger partial charge is 0.200 e. The molecule has 0 bridgehead atoms. The van der Waals surface area contributed by atoms with Gasteiger partial charge in [0.1, 0.15) is 11.7 Å². The fourth-order valence-electron chi connectivity index (χ4n) is 5.73. The summed E-state index contributed by atoms with van der Waals surface area (Å²) >= 11 is 0. The number of rotatable bonds is 7. The van der Waals surface area contributed by atoms with Gasteiger partial charge in [0.25, 0.3) is 0 Å².